The van der Waals surface area contributed by atoms with Crippen molar-refractivity contribution in [1.29, 1.82) is 0 Å². The number of ether oxygens (including phenoxy) is 1. The van der Waals surface area contributed by atoms with Gasteiger partial charge in [-0.3, -0.25) is 24.6 Å². The van der Waals surface area contributed by atoms with Gasteiger partial charge in [-0.1, -0.05) is 23.2 Å². The summed E-state index contributed by atoms with van der Waals surface area (Å²) in [6.07, 6.45) is 0. The molecule has 106 valence electrons. The number of alkyl halides is 2. The van der Waals surface area contributed by atoms with Crippen LogP contribution in [0.25, 0.3) is 0 Å². The van der Waals surface area contributed by atoms with Gasteiger partial charge in [0.15, 0.2) is 0 Å². The summed E-state index contributed by atoms with van der Waals surface area (Å²) in [4.78, 5) is 34.6. The third kappa shape index (κ3) is 2.19. The first-order chi connectivity index (χ1) is 9.28. The second kappa shape index (κ2) is 4.92. The molecule has 1 heterocycles. The fourth-order valence-electron chi connectivity index (χ4n) is 1.87. The number of anilines is 1. The SMILES string of the molecule is COC(=O)CN1C(=O)C(Cl)(Cl)c2cc([N+](=O)[O-])ccc21. The number of hydrogen-bond donors (Lipinski definition) is 0. The lowest BCUT2D eigenvalue weighted by Crippen LogP contribution is -2.37. The molecule has 0 spiro atoms. The van der Waals surface area contributed by atoms with Crippen LogP contribution >= 0.6 is 23.2 Å². The van der Waals surface area contributed by atoms with E-state index in [0.717, 1.165) is 11.0 Å². The molecule has 0 bridgehead atoms. The molecule has 1 aliphatic heterocycles. The number of methoxy groups -OCH3 is 1. The summed E-state index contributed by atoms with van der Waals surface area (Å²) in [6.45, 7) is -0.374. The number of benzene rings is 1. The number of rotatable bonds is 3. The number of nitro benzene ring substituents is 1. The Morgan fingerprint density at radius 1 is 1.50 bits per heavy atom. The molecule has 2 rings (SSSR count). The molecule has 20 heavy (non-hydrogen) atoms. The molecule has 0 saturated carbocycles. The molecular formula is C11H8Cl2N2O5. The minimum absolute atomic E-state index is 0.0731. The van der Waals surface area contributed by atoms with E-state index in [9.17, 15) is 19.7 Å². The fourth-order valence-corrected chi connectivity index (χ4v) is 2.38. The van der Waals surface area contributed by atoms with Crippen LogP contribution < -0.4 is 4.90 Å². The van der Waals surface area contributed by atoms with Gasteiger partial charge >= 0.3 is 5.97 Å². The maximum absolute atomic E-state index is 12.1. The van der Waals surface area contributed by atoms with E-state index in [4.69, 9.17) is 23.2 Å². The number of nitro groups is 1. The number of halogens is 2. The molecule has 7 nitrogen and oxygen atoms in total. The van der Waals surface area contributed by atoms with Crippen molar-refractivity contribution in [2.24, 2.45) is 0 Å². The Morgan fingerprint density at radius 3 is 2.70 bits per heavy atom. The first-order valence-electron chi connectivity index (χ1n) is 5.34. The molecule has 0 saturated heterocycles. The van der Waals surface area contributed by atoms with Crippen LogP contribution in [0.5, 0.6) is 0 Å². The van der Waals surface area contributed by atoms with Crippen molar-refractivity contribution in [2.45, 2.75) is 4.33 Å². The Kier molecular flexibility index (Phi) is 3.58. The second-order valence-electron chi connectivity index (χ2n) is 4.00. The summed E-state index contributed by atoms with van der Waals surface area (Å²) < 4.78 is 2.52. The Morgan fingerprint density at radius 2 is 2.15 bits per heavy atom. The Labute approximate surface area is 123 Å². The topological polar surface area (TPSA) is 89.8 Å². The highest BCUT2D eigenvalue weighted by Crippen LogP contribution is 2.48. The summed E-state index contributed by atoms with van der Waals surface area (Å²) >= 11 is 11.9. The maximum Gasteiger partial charge on any atom is 0.325 e. The van der Waals surface area contributed by atoms with Crippen LogP contribution in [0.3, 0.4) is 0 Å². The van der Waals surface area contributed by atoms with Gasteiger partial charge in [0.2, 0.25) is 4.33 Å². The number of carbonyl (C=O) groups excluding carboxylic acids is 2. The summed E-state index contributed by atoms with van der Waals surface area (Å²) in [5.74, 6) is -1.41. The highest BCUT2D eigenvalue weighted by molar-refractivity contribution is 6.60. The van der Waals surface area contributed by atoms with Crippen LogP contribution in [0.4, 0.5) is 11.4 Å². The predicted octanol–water partition coefficient (Wildman–Crippen LogP) is 1.74. The van der Waals surface area contributed by atoms with Gasteiger partial charge in [0.1, 0.15) is 6.54 Å². The summed E-state index contributed by atoms with van der Waals surface area (Å²) in [6, 6.07) is 3.64. The molecule has 0 unspecified atom stereocenters. The van der Waals surface area contributed by atoms with Crippen LogP contribution in [0.1, 0.15) is 5.56 Å². The zero-order valence-corrected chi connectivity index (χ0v) is 11.6. The van der Waals surface area contributed by atoms with Crippen LogP contribution in [0.2, 0.25) is 0 Å². The van der Waals surface area contributed by atoms with Gasteiger partial charge in [-0.25, -0.2) is 0 Å². The number of carbonyl (C=O) groups is 2. The van der Waals surface area contributed by atoms with Gasteiger partial charge in [-0.2, -0.15) is 0 Å². The lowest BCUT2D eigenvalue weighted by molar-refractivity contribution is -0.384. The molecule has 0 aliphatic carbocycles. The predicted molar refractivity (Wildman–Crippen MR) is 70.8 cm³/mol. The molecule has 0 N–H and O–H groups in total. The quantitative estimate of drug-likeness (QED) is 0.366. The lowest BCUT2D eigenvalue weighted by atomic mass is 10.1. The van der Waals surface area contributed by atoms with Gasteiger partial charge in [-0.15, -0.1) is 0 Å². The highest BCUT2D eigenvalue weighted by atomic mass is 35.5. The maximum atomic E-state index is 12.1. The van der Waals surface area contributed by atoms with E-state index in [1.807, 2.05) is 0 Å². The summed E-state index contributed by atoms with van der Waals surface area (Å²) in [5, 5.41) is 10.7. The van der Waals surface area contributed by atoms with Crippen molar-refractivity contribution in [2.75, 3.05) is 18.6 Å². The van der Waals surface area contributed by atoms with Crippen LogP contribution in [0, 0.1) is 10.1 Å². The lowest BCUT2D eigenvalue weighted by Gasteiger charge is -2.16. The molecular weight excluding hydrogens is 311 g/mol. The van der Waals surface area contributed by atoms with Crippen molar-refractivity contribution < 1.29 is 19.2 Å². The van der Waals surface area contributed by atoms with Crippen molar-refractivity contribution in [1.82, 2.24) is 0 Å². The van der Waals surface area contributed by atoms with Gasteiger partial charge in [0.25, 0.3) is 11.6 Å². The van der Waals surface area contributed by atoms with E-state index in [1.54, 1.807) is 0 Å². The zero-order valence-electron chi connectivity index (χ0n) is 10.1. The monoisotopic (exact) mass is 318 g/mol. The van der Waals surface area contributed by atoms with Crippen LogP contribution in [0.15, 0.2) is 18.2 Å². The van der Waals surface area contributed by atoms with Gasteiger partial charge in [0.05, 0.1) is 17.7 Å². The fraction of sp³-hybridized carbons (Fsp3) is 0.273. The molecule has 1 aliphatic rings. The summed E-state index contributed by atoms with van der Waals surface area (Å²) in [5.41, 5.74) is 0.0714. The van der Waals surface area contributed by atoms with Crippen molar-refractivity contribution in [3.63, 3.8) is 0 Å². The van der Waals surface area contributed by atoms with Crippen LogP contribution in [-0.4, -0.2) is 30.5 Å². The first-order valence-corrected chi connectivity index (χ1v) is 6.10. The van der Waals surface area contributed by atoms with Crippen molar-refractivity contribution in [3.05, 3.63) is 33.9 Å². The van der Waals surface area contributed by atoms with E-state index in [1.165, 1.54) is 19.2 Å². The third-order valence-electron chi connectivity index (χ3n) is 2.85. The standard InChI is InChI=1S/C11H8Cl2N2O5/c1-20-9(16)5-14-8-3-2-6(15(18)19)4-7(8)11(12,13)10(14)17/h2-4H,5H2,1H3. The van der Waals surface area contributed by atoms with Crippen molar-refractivity contribution in [3.8, 4) is 0 Å². The molecule has 0 radical (unpaired) electrons. The molecule has 0 fully saturated rings. The summed E-state index contributed by atoms with van der Waals surface area (Å²) in [7, 11) is 1.17. The Balaban J connectivity index is 2.51. The molecule has 1 amide bonds. The minimum Gasteiger partial charge on any atom is -0.468 e. The number of nitrogens with zero attached hydrogens (tertiary/aromatic N) is 2. The smallest absolute Gasteiger partial charge is 0.325 e. The number of hydrogen-bond acceptors (Lipinski definition) is 5. The number of esters is 1. The molecule has 1 aromatic rings. The largest absolute Gasteiger partial charge is 0.468 e. The molecule has 0 atom stereocenters. The second-order valence-corrected chi connectivity index (χ2v) is 5.33. The average Bonchev–Trinajstić information content (AvgIpc) is 2.59. The van der Waals surface area contributed by atoms with E-state index >= 15 is 0 Å². The minimum atomic E-state index is -1.96. The van der Waals surface area contributed by atoms with Gasteiger partial charge < -0.3 is 4.74 Å². The first kappa shape index (κ1) is 14.5. The molecule has 0 aromatic heterocycles. The molecule has 9 heteroatoms. The zero-order chi connectivity index (χ0) is 15.1. The van der Waals surface area contributed by atoms with Gasteiger partial charge in [0, 0.05) is 17.7 Å². The molecule has 1 aromatic carbocycles. The van der Waals surface area contributed by atoms with E-state index in [2.05, 4.69) is 4.74 Å². The van der Waals surface area contributed by atoms with Crippen molar-refractivity contribution >= 4 is 46.5 Å². The van der Waals surface area contributed by atoms with Gasteiger partial charge in [-0.05, 0) is 6.07 Å². The normalized spacial score (nSPS) is 15.9. The highest BCUT2D eigenvalue weighted by Gasteiger charge is 2.49. The third-order valence-corrected chi connectivity index (χ3v) is 3.58. The number of fused-ring (bicyclic) bond motifs is 1. The Bertz CT molecular complexity index is 617. The van der Waals surface area contributed by atoms with E-state index in [0.29, 0.717) is 0 Å². The number of amides is 1. The van der Waals surface area contributed by atoms with E-state index < -0.39 is 21.1 Å². The Hall–Kier alpha value is -1.86. The average molecular weight is 319 g/mol. The van der Waals surface area contributed by atoms with Crippen LogP contribution in [-0.2, 0) is 18.7 Å². The number of non-ortho nitro benzene ring substituents is 1. The van der Waals surface area contributed by atoms with E-state index in [-0.39, 0.29) is 23.5 Å².